The van der Waals surface area contributed by atoms with Crippen LogP contribution in [0.5, 0.6) is 5.75 Å². The van der Waals surface area contributed by atoms with Crippen molar-refractivity contribution in [3.8, 4) is 5.75 Å². The smallest absolute Gasteiger partial charge is 0.306 e. The van der Waals surface area contributed by atoms with E-state index in [0.717, 1.165) is 56.9 Å². The van der Waals surface area contributed by atoms with Crippen molar-refractivity contribution in [3.63, 3.8) is 0 Å². The first-order valence-corrected chi connectivity index (χ1v) is 13.9. The van der Waals surface area contributed by atoms with Crippen molar-refractivity contribution < 1.29 is 20.1 Å². The van der Waals surface area contributed by atoms with Gasteiger partial charge in [0.15, 0.2) is 0 Å². The Bertz CT molecular complexity index is 639. The molecule has 0 radical (unpaired) electrons. The van der Waals surface area contributed by atoms with Crippen LogP contribution in [-0.4, -0.2) is 44.9 Å². The summed E-state index contributed by atoms with van der Waals surface area (Å²) in [6.45, 7) is 3.03. The number of aromatic hydroxyl groups is 1. The van der Waals surface area contributed by atoms with Gasteiger partial charge in [0.1, 0.15) is 5.75 Å². The molecule has 0 amide bonds. The van der Waals surface area contributed by atoms with Crippen LogP contribution in [0.4, 0.5) is 0 Å². The highest BCUT2D eigenvalue weighted by Gasteiger charge is 2.41. The first kappa shape index (κ1) is 26.4. The van der Waals surface area contributed by atoms with Crippen molar-refractivity contribution >= 4 is 27.6 Å². The zero-order valence-electron chi connectivity index (χ0n) is 18.6. The molecule has 0 saturated carbocycles. The number of unbranched alkanes of at least 4 members (excludes halogenated alkanes) is 3. The molecule has 1 saturated heterocycles. The summed E-state index contributed by atoms with van der Waals surface area (Å²) in [5.41, 5.74) is 6.70. The molecule has 5 atom stereocenters. The fourth-order valence-corrected chi connectivity index (χ4v) is 7.66. The molecule has 7 heteroatoms. The van der Waals surface area contributed by atoms with Gasteiger partial charge in [0.2, 0.25) is 0 Å². The number of aliphatic hydroxyl groups excluding tert-OH is 1. The predicted octanol–water partition coefficient (Wildman–Crippen LogP) is 5.09. The van der Waals surface area contributed by atoms with Crippen LogP contribution in [0, 0.1) is 17.8 Å². The molecule has 5 nitrogen and oxygen atoms in total. The van der Waals surface area contributed by atoms with Gasteiger partial charge in [-0.1, -0.05) is 66.3 Å². The van der Waals surface area contributed by atoms with Gasteiger partial charge < -0.3 is 21.1 Å². The van der Waals surface area contributed by atoms with Gasteiger partial charge in [-0.15, -0.1) is 0 Å². The van der Waals surface area contributed by atoms with Gasteiger partial charge >= 0.3 is 5.97 Å². The quantitative estimate of drug-likeness (QED) is 0.197. The van der Waals surface area contributed by atoms with E-state index in [1.165, 1.54) is 0 Å². The summed E-state index contributed by atoms with van der Waals surface area (Å²) in [7, 11) is 3.76. The molecule has 0 spiro atoms. The molecule has 5 N–H and O–H groups in total. The molecule has 1 aliphatic rings. The lowest BCUT2D eigenvalue weighted by atomic mass is 9.82. The van der Waals surface area contributed by atoms with Crippen LogP contribution in [0.15, 0.2) is 24.3 Å². The lowest BCUT2D eigenvalue weighted by molar-refractivity contribution is -0.142. The van der Waals surface area contributed by atoms with Gasteiger partial charge in [-0.2, -0.15) is 0 Å². The Morgan fingerprint density at radius 3 is 2.39 bits per heavy atom. The number of hydrogen-bond acceptors (Lipinski definition) is 6. The van der Waals surface area contributed by atoms with Gasteiger partial charge in [-0.3, -0.25) is 4.79 Å². The van der Waals surface area contributed by atoms with Crippen LogP contribution >= 0.6 is 21.6 Å². The molecule has 1 aromatic carbocycles. The summed E-state index contributed by atoms with van der Waals surface area (Å²) in [4.78, 5) is 12.0. The second kappa shape index (κ2) is 14.3. The maximum absolute atomic E-state index is 12.0. The summed E-state index contributed by atoms with van der Waals surface area (Å²) in [6.07, 6.45) is 8.20. The summed E-state index contributed by atoms with van der Waals surface area (Å²) in [5, 5.41) is 30.0. The zero-order valence-corrected chi connectivity index (χ0v) is 20.3. The molecule has 0 aliphatic carbocycles. The number of hydrogen-bond donors (Lipinski definition) is 4. The summed E-state index contributed by atoms with van der Waals surface area (Å²) >= 11 is 0. The number of carbonyl (C=O) groups is 1. The van der Waals surface area contributed by atoms with E-state index in [4.69, 9.17) is 5.73 Å². The van der Waals surface area contributed by atoms with E-state index in [-0.39, 0.29) is 24.2 Å². The minimum absolute atomic E-state index is 0.216. The van der Waals surface area contributed by atoms with Crippen molar-refractivity contribution in [2.24, 2.45) is 23.5 Å². The predicted molar refractivity (Wildman–Crippen MR) is 131 cm³/mol. The maximum atomic E-state index is 12.0. The van der Waals surface area contributed by atoms with E-state index < -0.39 is 5.97 Å². The number of carboxylic acids is 1. The first-order chi connectivity index (χ1) is 15.0. The van der Waals surface area contributed by atoms with Gasteiger partial charge in [0, 0.05) is 17.1 Å². The Hall–Kier alpha value is -0.890. The van der Waals surface area contributed by atoms with E-state index in [1.807, 2.05) is 33.7 Å². The second-order valence-corrected chi connectivity index (χ2v) is 11.5. The fourth-order valence-electron chi connectivity index (χ4n) is 4.32. The number of phenols is 1. The van der Waals surface area contributed by atoms with Crippen LogP contribution in [0.3, 0.4) is 0 Å². The largest absolute Gasteiger partial charge is 0.508 e. The van der Waals surface area contributed by atoms with Crippen LogP contribution in [0.1, 0.15) is 63.9 Å². The van der Waals surface area contributed by atoms with E-state index >= 15 is 0 Å². The molecule has 1 heterocycles. The third-order valence-electron chi connectivity index (χ3n) is 6.40. The topological polar surface area (TPSA) is 104 Å². The molecule has 1 aromatic rings. The Morgan fingerprint density at radius 2 is 1.84 bits per heavy atom. The van der Waals surface area contributed by atoms with Gasteiger partial charge in [-0.25, -0.2) is 0 Å². The molecule has 1 aliphatic heterocycles. The van der Waals surface area contributed by atoms with Crippen molar-refractivity contribution in [3.05, 3.63) is 29.8 Å². The van der Waals surface area contributed by atoms with Crippen LogP contribution in [0.25, 0.3) is 0 Å². The highest BCUT2D eigenvalue weighted by molar-refractivity contribution is 8.80. The van der Waals surface area contributed by atoms with E-state index in [9.17, 15) is 20.1 Å². The molecule has 0 aromatic heterocycles. The molecule has 5 unspecified atom stereocenters. The average Bonchev–Trinajstić information content (AvgIpc) is 2.74. The Kier molecular flexibility index (Phi) is 12.2. The minimum Gasteiger partial charge on any atom is -0.508 e. The highest BCUT2D eigenvalue weighted by Crippen LogP contribution is 2.55. The molecule has 31 heavy (non-hydrogen) atoms. The normalized spacial score (nSPS) is 21.3. The third-order valence-corrected chi connectivity index (χ3v) is 10.1. The highest BCUT2D eigenvalue weighted by atomic mass is 33.1. The lowest BCUT2D eigenvalue weighted by Gasteiger charge is -2.42. The van der Waals surface area contributed by atoms with Crippen molar-refractivity contribution in [1.29, 1.82) is 0 Å². The fraction of sp³-hybridized carbons (Fsp3) is 0.708. The Balaban J connectivity index is 2.06. The lowest BCUT2D eigenvalue weighted by Crippen LogP contribution is -2.39. The van der Waals surface area contributed by atoms with E-state index in [1.54, 1.807) is 12.1 Å². The van der Waals surface area contributed by atoms with Crippen molar-refractivity contribution in [2.75, 3.05) is 13.2 Å². The molecule has 176 valence electrons. The molecule has 0 bridgehead atoms. The number of rotatable bonds is 16. The molecule has 1 fully saturated rings. The van der Waals surface area contributed by atoms with E-state index in [2.05, 4.69) is 6.92 Å². The van der Waals surface area contributed by atoms with Crippen LogP contribution < -0.4 is 5.73 Å². The van der Waals surface area contributed by atoms with E-state index in [0.29, 0.717) is 29.4 Å². The van der Waals surface area contributed by atoms with Gasteiger partial charge in [-0.05, 0) is 68.2 Å². The monoisotopic (exact) mass is 469 g/mol. The third kappa shape index (κ3) is 8.87. The number of carboxylic acid groups (broad SMARTS) is 1. The Labute approximate surface area is 195 Å². The van der Waals surface area contributed by atoms with Gasteiger partial charge in [0.25, 0.3) is 0 Å². The first-order valence-electron chi connectivity index (χ1n) is 11.6. The number of benzene rings is 1. The van der Waals surface area contributed by atoms with Crippen molar-refractivity contribution in [1.82, 2.24) is 0 Å². The number of aliphatic carboxylic acids is 1. The summed E-state index contributed by atoms with van der Waals surface area (Å²) < 4.78 is 0. The number of aliphatic hydroxyl groups is 1. The minimum atomic E-state index is -0.690. The summed E-state index contributed by atoms with van der Waals surface area (Å²) in [5.74, 6) is -0.187. The number of nitrogens with two attached hydrogens (primary N) is 1. The molecule has 2 rings (SSSR count). The second-order valence-electron chi connectivity index (χ2n) is 8.78. The van der Waals surface area contributed by atoms with Crippen LogP contribution in [0.2, 0.25) is 0 Å². The number of phenolic OH excluding ortho intramolecular Hbond substituents is 1. The maximum Gasteiger partial charge on any atom is 0.306 e. The average molecular weight is 470 g/mol. The standard InChI is InChI=1S/C24H39NO4S2/c1-2-17(16-26)14-22-23(31-30-22)20(13-18-8-10-21(27)11-9-18)15-19(24(28)29)7-5-3-4-6-12-25/h8-11,17,19-20,22-23,26-27H,2-7,12-16,25H2,1H3,(H,28,29). The SMILES string of the molecule is CCC(CO)CC1SSC1C(Cc1ccc(O)cc1)CC(CCCCCCN)C(=O)O. The molecular weight excluding hydrogens is 430 g/mol. The Morgan fingerprint density at radius 1 is 1.13 bits per heavy atom. The van der Waals surface area contributed by atoms with Crippen molar-refractivity contribution in [2.45, 2.75) is 75.2 Å². The van der Waals surface area contributed by atoms with Gasteiger partial charge in [0.05, 0.1) is 5.92 Å². The summed E-state index contributed by atoms with van der Waals surface area (Å²) in [6, 6.07) is 7.30. The molecular formula is C24H39NO4S2. The van der Waals surface area contributed by atoms with Crippen LogP contribution in [-0.2, 0) is 11.2 Å². The zero-order chi connectivity index (χ0) is 22.6.